The van der Waals surface area contributed by atoms with Gasteiger partial charge in [0.15, 0.2) is 0 Å². The molecule has 2 aliphatic rings. The Labute approximate surface area is 94.5 Å². The molecule has 0 heterocycles. The van der Waals surface area contributed by atoms with Gasteiger partial charge < -0.3 is 9.47 Å². The van der Waals surface area contributed by atoms with Gasteiger partial charge in [0.2, 0.25) is 0 Å². The van der Waals surface area contributed by atoms with Crippen LogP contribution in [-0.4, -0.2) is 30.8 Å². The third kappa shape index (κ3) is 3.52. The van der Waals surface area contributed by atoms with Gasteiger partial charge in [0.25, 0.3) is 0 Å². The van der Waals surface area contributed by atoms with Crippen LogP contribution in [0.2, 0.25) is 0 Å². The monoisotopic (exact) mass is 262 g/mol. The Morgan fingerprint density at radius 2 is 1.93 bits per heavy atom. The van der Waals surface area contributed by atoms with Gasteiger partial charge in [0, 0.05) is 11.4 Å². The zero-order chi connectivity index (χ0) is 9.80. The Bertz CT molecular complexity index is 171. The standard InChI is InChI=1S/C11H19BrO2/c12-10-2-1-3-11(10)14-7-6-13-8-9-4-5-9/h9-11H,1-8H2. The minimum absolute atomic E-state index is 0.430. The van der Waals surface area contributed by atoms with Crippen LogP contribution < -0.4 is 0 Å². The highest BCUT2D eigenvalue weighted by molar-refractivity contribution is 9.09. The molecule has 2 nitrogen and oxygen atoms in total. The number of hydrogen-bond donors (Lipinski definition) is 0. The molecule has 0 N–H and O–H groups in total. The molecule has 3 heteroatoms. The molecule has 0 spiro atoms. The van der Waals surface area contributed by atoms with Crippen LogP contribution in [0.25, 0.3) is 0 Å². The molecule has 0 radical (unpaired) electrons. The molecule has 2 fully saturated rings. The van der Waals surface area contributed by atoms with Crippen LogP contribution in [0, 0.1) is 5.92 Å². The summed E-state index contributed by atoms with van der Waals surface area (Å²) in [4.78, 5) is 0.575. The van der Waals surface area contributed by atoms with Gasteiger partial charge in [-0.25, -0.2) is 0 Å². The minimum atomic E-state index is 0.430. The summed E-state index contributed by atoms with van der Waals surface area (Å²) in [7, 11) is 0. The van der Waals surface area contributed by atoms with Gasteiger partial charge in [-0.2, -0.15) is 0 Å². The van der Waals surface area contributed by atoms with E-state index >= 15 is 0 Å². The third-order valence-corrected chi connectivity index (χ3v) is 4.03. The molecule has 2 atom stereocenters. The lowest BCUT2D eigenvalue weighted by Gasteiger charge is -2.14. The molecule has 0 amide bonds. The maximum absolute atomic E-state index is 5.75. The lowest BCUT2D eigenvalue weighted by molar-refractivity contribution is 0.00816. The van der Waals surface area contributed by atoms with E-state index in [1.807, 2.05) is 0 Å². The topological polar surface area (TPSA) is 18.5 Å². The molecule has 0 aromatic rings. The first-order valence-electron chi connectivity index (χ1n) is 5.69. The van der Waals surface area contributed by atoms with Crippen molar-refractivity contribution >= 4 is 15.9 Å². The van der Waals surface area contributed by atoms with Crippen LogP contribution in [0.15, 0.2) is 0 Å². The summed E-state index contributed by atoms with van der Waals surface area (Å²) in [5, 5.41) is 0. The summed E-state index contributed by atoms with van der Waals surface area (Å²) in [5.41, 5.74) is 0. The van der Waals surface area contributed by atoms with Gasteiger partial charge in [-0.05, 0) is 38.0 Å². The predicted molar refractivity (Wildman–Crippen MR) is 59.8 cm³/mol. The normalized spacial score (nSPS) is 32.4. The van der Waals surface area contributed by atoms with Gasteiger partial charge in [0.05, 0.1) is 19.3 Å². The predicted octanol–water partition coefficient (Wildman–Crippen LogP) is 2.75. The van der Waals surface area contributed by atoms with Crippen LogP contribution in [-0.2, 0) is 9.47 Å². The van der Waals surface area contributed by atoms with Crippen LogP contribution >= 0.6 is 15.9 Å². The van der Waals surface area contributed by atoms with E-state index in [9.17, 15) is 0 Å². The van der Waals surface area contributed by atoms with Crippen LogP contribution in [0.4, 0.5) is 0 Å². The van der Waals surface area contributed by atoms with Crippen molar-refractivity contribution in [2.45, 2.75) is 43.0 Å². The minimum Gasteiger partial charge on any atom is -0.379 e. The third-order valence-electron chi connectivity index (χ3n) is 2.98. The van der Waals surface area contributed by atoms with Crippen molar-refractivity contribution in [2.75, 3.05) is 19.8 Å². The van der Waals surface area contributed by atoms with Gasteiger partial charge in [0.1, 0.15) is 0 Å². The molecule has 2 aliphatic carbocycles. The molecule has 0 bridgehead atoms. The molecule has 2 unspecified atom stereocenters. The van der Waals surface area contributed by atoms with E-state index < -0.39 is 0 Å². The second-order valence-electron chi connectivity index (χ2n) is 4.37. The van der Waals surface area contributed by atoms with E-state index in [1.165, 1.54) is 32.1 Å². The Kier molecular flexibility index (Phi) is 4.26. The summed E-state index contributed by atoms with van der Waals surface area (Å²) in [6.45, 7) is 2.48. The van der Waals surface area contributed by atoms with Crippen LogP contribution in [0.1, 0.15) is 32.1 Å². The zero-order valence-electron chi connectivity index (χ0n) is 8.58. The summed E-state index contributed by atoms with van der Waals surface area (Å²) in [6.07, 6.45) is 6.93. The molecule has 0 aromatic carbocycles. The fourth-order valence-electron chi connectivity index (χ4n) is 1.86. The van der Waals surface area contributed by atoms with Crippen molar-refractivity contribution in [3.63, 3.8) is 0 Å². The van der Waals surface area contributed by atoms with E-state index in [1.54, 1.807) is 0 Å². The number of alkyl halides is 1. The SMILES string of the molecule is BrC1CCCC1OCCOCC1CC1. The smallest absolute Gasteiger partial charge is 0.0704 e. The van der Waals surface area contributed by atoms with Crippen molar-refractivity contribution in [2.24, 2.45) is 5.92 Å². The maximum Gasteiger partial charge on any atom is 0.0704 e. The highest BCUT2D eigenvalue weighted by Crippen LogP contribution is 2.29. The fourth-order valence-corrected chi connectivity index (χ4v) is 2.60. The Balaban J connectivity index is 1.45. The van der Waals surface area contributed by atoms with E-state index in [-0.39, 0.29) is 0 Å². The number of ether oxygens (including phenoxy) is 2. The number of rotatable bonds is 6. The molecule has 0 aromatic heterocycles. The highest BCUT2D eigenvalue weighted by atomic mass is 79.9. The van der Waals surface area contributed by atoms with E-state index in [0.717, 1.165) is 25.7 Å². The average molecular weight is 263 g/mol. The van der Waals surface area contributed by atoms with Crippen molar-refractivity contribution < 1.29 is 9.47 Å². The molecular weight excluding hydrogens is 244 g/mol. The zero-order valence-corrected chi connectivity index (χ0v) is 10.2. The molecule has 2 saturated carbocycles. The first-order valence-corrected chi connectivity index (χ1v) is 6.61. The summed E-state index contributed by atoms with van der Waals surface area (Å²) < 4.78 is 11.3. The van der Waals surface area contributed by atoms with Crippen LogP contribution in [0.3, 0.4) is 0 Å². The van der Waals surface area contributed by atoms with Gasteiger partial charge in [-0.3, -0.25) is 0 Å². The first-order chi connectivity index (χ1) is 6.86. The summed E-state index contributed by atoms with van der Waals surface area (Å²) >= 11 is 3.64. The molecular formula is C11H19BrO2. The molecule has 2 rings (SSSR count). The van der Waals surface area contributed by atoms with Crippen molar-refractivity contribution in [1.82, 2.24) is 0 Å². The molecule has 14 heavy (non-hydrogen) atoms. The van der Waals surface area contributed by atoms with Gasteiger partial charge >= 0.3 is 0 Å². The van der Waals surface area contributed by atoms with E-state index in [4.69, 9.17) is 9.47 Å². The van der Waals surface area contributed by atoms with Gasteiger partial charge in [-0.1, -0.05) is 15.9 Å². The summed E-state index contributed by atoms with van der Waals surface area (Å²) in [5.74, 6) is 0.866. The van der Waals surface area contributed by atoms with Crippen molar-refractivity contribution in [3.05, 3.63) is 0 Å². The van der Waals surface area contributed by atoms with Crippen LogP contribution in [0.5, 0.6) is 0 Å². The average Bonchev–Trinajstić information content (AvgIpc) is 2.91. The Morgan fingerprint density at radius 3 is 2.57 bits per heavy atom. The second kappa shape index (κ2) is 5.47. The lowest BCUT2D eigenvalue weighted by Crippen LogP contribution is -2.20. The largest absolute Gasteiger partial charge is 0.379 e. The van der Waals surface area contributed by atoms with Crippen molar-refractivity contribution in [1.29, 1.82) is 0 Å². The maximum atomic E-state index is 5.75. The molecule has 0 aliphatic heterocycles. The quantitative estimate of drug-likeness (QED) is 0.542. The fraction of sp³-hybridized carbons (Fsp3) is 1.00. The van der Waals surface area contributed by atoms with Gasteiger partial charge in [-0.15, -0.1) is 0 Å². The number of halogens is 1. The van der Waals surface area contributed by atoms with E-state index in [2.05, 4.69) is 15.9 Å². The first kappa shape index (κ1) is 10.9. The number of hydrogen-bond acceptors (Lipinski definition) is 2. The second-order valence-corrected chi connectivity index (χ2v) is 5.55. The van der Waals surface area contributed by atoms with Crippen molar-refractivity contribution in [3.8, 4) is 0 Å². The van der Waals surface area contributed by atoms with E-state index in [0.29, 0.717) is 10.9 Å². The molecule has 0 saturated heterocycles. The summed E-state index contributed by atoms with van der Waals surface area (Å²) in [6, 6.07) is 0. The highest BCUT2D eigenvalue weighted by Gasteiger charge is 2.25. The Morgan fingerprint density at radius 1 is 1.07 bits per heavy atom. The Hall–Kier alpha value is 0.400. The molecule has 82 valence electrons. The lowest BCUT2D eigenvalue weighted by atomic mass is 10.3.